The van der Waals surface area contributed by atoms with Gasteiger partial charge >= 0.3 is 0 Å². The third kappa shape index (κ3) is 3.07. The van der Waals surface area contributed by atoms with Crippen molar-refractivity contribution in [2.75, 3.05) is 7.11 Å². The molecule has 0 unspecified atom stereocenters. The van der Waals surface area contributed by atoms with Gasteiger partial charge < -0.3 is 9.47 Å². The molecule has 0 aliphatic rings. The number of carbonyl (C=O) groups is 1. The minimum absolute atomic E-state index is 0.334. The van der Waals surface area contributed by atoms with E-state index in [0.29, 0.717) is 23.7 Å². The summed E-state index contributed by atoms with van der Waals surface area (Å²) in [6.07, 6.45) is 0. The van der Waals surface area contributed by atoms with E-state index in [1.807, 2.05) is 30.3 Å². The van der Waals surface area contributed by atoms with Crippen LogP contribution >= 0.6 is 0 Å². The maximum absolute atomic E-state index is 11.6. The lowest BCUT2D eigenvalue weighted by Crippen LogP contribution is -2.30. The van der Waals surface area contributed by atoms with Gasteiger partial charge in [0, 0.05) is 0 Å². The van der Waals surface area contributed by atoms with Crippen molar-refractivity contribution >= 4 is 5.91 Å². The lowest BCUT2D eigenvalue weighted by molar-refractivity contribution is 0.0949. The van der Waals surface area contributed by atoms with Crippen LogP contribution < -0.4 is 20.7 Å². The van der Waals surface area contributed by atoms with Crippen molar-refractivity contribution in [3.63, 3.8) is 0 Å². The number of nitrogens with two attached hydrogens (primary N) is 1. The number of hydrogen-bond acceptors (Lipinski definition) is 4. The zero-order valence-electron chi connectivity index (χ0n) is 11.1. The standard InChI is InChI=1S/C15H16N2O3/c1-19-14-12(15(18)17-16)8-5-9-13(14)20-10-11-6-3-2-4-7-11/h2-9H,10,16H2,1H3,(H,17,18). The first-order valence-corrected chi connectivity index (χ1v) is 6.11. The molecule has 0 saturated carbocycles. The average Bonchev–Trinajstić information content (AvgIpc) is 2.52. The first-order chi connectivity index (χ1) is 9.76. The van der Waals surface area contributed by atoms with Gasteiger partial charge in [-0.2, -0.15) is 0 Å². The van der Waals surface area contributed by atoms with E-state index in [1.165, 1.54) is 7.11 Å². The van der Waals surface area contributed by atoms with E-state index in [9.17, 15) is 4.79 Å². The maximum Gasteiger partial charge on any atom is 0.269 e. The molecule has 104 valence electrons. The molecule has 0 spiro atoms. The van der Waals surface area contributed by atoms with Gasteiger partial charge in [0.2, 0.25) is 0 Å². The second-order valence-corrected chi connectivity index (χ2v) is 4.08. The molecule has 0 bridgehead atoms. The molecule has 0 aliphatic carbocycles. The van der Waals surface area contributed by atoms with Crippen molar-refractivity contribution in [2.24, 2.45) is 5.84 Å². The highest BCUT2D eigenvalue weighted by Crippen LogP contribution is 2.31. The molecular formula is C15H16N2O3. The third-order valence-corrected chi connectivity index (χ3v) is 2.80. The normalized spacial score (nSPS) is 9.90. The van der Waals surface area contributed by atoms with E-state index in [4.69, 9.17) is 15.3 Å². The summed E-state index contributed by atoms with van der Waals surface area (Å²) in [6, 6.07) is 14.8. The van der Waals surface area contributed by atoms with Gasteiger partial charge in [-0.1, -0.05) is 36.4 Å². The van der Waals surface area contributed by atoms with E-state index in [1.54, 1.807) is 18.2 Å². The Balaban J connectivity index is 2.21. The molecule has 0 atom stereocenters. The summed E-state index contributed by atoms with van der Waals surface area (Å²) in [5, 5.41) is 0. The van der Waals surface area contributed by atoms with Crippen LogP contribution in [-0.4, -0.2) is 13.0 Å². The maximum atomic E-state index is 11.6. The molecule has 3 N–H and O–H groups in total. The monoisotopic (exact) mass is 272 g/mol. The van der Waals surface area contributed by atoms with Gasteiger partial charge in [-0.3, -0.25) is 10.2 Å². The summed E-state index contributed by atoms with van der Waals surface area (Å²) in [6.45, 7) is 0.394. The van der Waals surface area contributed by atoms with Crippen molar-refractivity contribution in [1.29, 1.82) is 0 Å². The van der Waals surface area contributed by atoms with Gasteiger partial charge in [-0.25, -0.2) is 5.84 Å². The molecule has 0 radical (unpaired) electrons. The van der Waals surface area contributed by atoms with E-state index in [-0.39, 0.29) is 0 Å². The summed E-state index contributed by atoms with van der Waals surface area (Å²) in [7, 11) is 1.48. The third-order valence-electron chi connectivity index (χ3n) is 2.80. The molecule has 2 aromatic carbocycles. The number of benzene rings is 2. The predicted octanol–water partition coefficient (Wildman–Crippen LogP) is 1.88. The fraction of sp³-hybridized carbons (Fsp3) is 0.133. The average molecular weight is 272 g/mol. The molecule has 0 aromatic heterocycles. The van der Waals surface area contributed by atoms with E-state index in [0.717, 1.165) is 5.56 Å². The molecule has 2 aromatic rings. The number of hydrazine groups is 1. The topological polar surface area (TPSA) is 73.6 Å². The van der Waals surface area contributed by atoms with Crippen LogP contribution in [0.1, 0.15) is 15.9 Å². The van der Waals surface area contributed by atoms with Crippen molar-refractivity contribution in [3.8, 4) is 11.5 Å². The van der Waals surface area contributed by atoms with Gasteiger partial charge in [0.1, 0.15) is 6.61 Å². The first-order valence-electron chi connectivity index (χ1n) is 6.11. The number of carbonyl (C=O) groups excluding carboxylic acids is 1. The Morgan fingerprint density at radius 1 is 1.15 bits per heavy atom. The fourth-order valence-corrected chi connectivity index (χ4v) is 1.83. The number of amides is 1. The van der Waals surface area contributed by atoms with Crippen molar-refractivity contribution in [2.45, 2.75) is 6.61 Å². The number of ether oxygens (including phenoxy) is 2. The number of nitrogens with one attached hydrogen (secondary N) is 1. The Labute approximate surface area is 117 Å². The molecule has 5 nitrogen and oxygen atoms in total. The smallest absolute Gasteiger partial charge is 0.269 e. The molecule has 2 rings (SSSR count). The van der Waals surface area contributed by atoms with Crippen LogP contribution in [0.4, 0.5) is 0 Å². The van der Waals surface area contributed by atoms with E-state index < -0.39 is 5.91 Å². The zero-order chi connectivity index (χ0) is 14.4. The van der Waals surface area contributed by atoms with Crippen LogP contribution in [-0.2, 0) is 6.61 Å². The van der Waals surface area contributed by atoms with Gasteiger partial charge in [-0.05, 0) is 17.7 Å². The SMILES string of the molecule is COc1c(OCc2ccccc2)cccc1C(=O)NN. The van der Waals surface area contributed by atoms with Crippen molar-refractivity contribution in [3.05, 3.63) is 59.7 Å². The zero-order valence-corrected chi connectivity index (χ0v) is 11.1. The van der Waals surface area contributed by atoms with Crippen molar-refractivity contribution in [1.82, 2.24) is 5.43 Å². The largest absolute Gasteiger partial charge is 0.492 e. The van der Waals surface area contributed by atoms with E-state index >= 15 is 0 Å². The molecule has 0 aliphatic heterocycles. The van der Waals surface area contributed by atoms with Crippen LogP contribution in [0.5, 0.6) is 11.5 Å². The Kier molecular flexibility index (Phi) is 4.57. The number of rotatable bonds is 5. The number of para-hydroxylation sites is 1. The summed E-state index contributed by atoms with van der Waals surface area (Å²) < 4.78 is 11.0. The lowest BCUT2D eigenvalue weighted by atomic mass is 10.1. The molecule has 0 fully saturated rings. The molecular weight excluding hydrogens is 256 g/mol. The van der Waals surface area contributed by atoms with Crippen LogP contribution in [0, 0.1) is 0 Å². The highest BCUT2D eigenvalue weighted by Gasteiger charge is 2.15. The lowest BCUT2D eigenvalue weighted by Gasteiger charge is -2.13. The quantitative estimate of drug-likeness (QED) is 0.495. The summed E-state index contributed by atoms with van der Waals surface area (Å²) in [5.74, 6) is 5.59. The second-order valence-electron chi connectivity index (χ2n) is 4.08. The highest BCUT2D eigenvalue weighted by molar-refractivity contribution is 5.97. The van der Waals surface area contributed by atoms with Crippen LogP contribution in [0.3, 0.4) is 0 Å². The van der Waals surface area contributed by atoms with Crippen LogP contribution in [0.15, 0.2) is 48.5 Å². The highest BCUT2D eigenvalue weighted by atomic mass is 16.5. The van der Waals surface area contributed by atoms with E-state index in [2.05, 4.69) is 5.43 Å². The molecule has 5 heteroatoms. The van der Waals surface area contributed by atoms with Gasteiger partial charge in [0.25, 0.3) is 5.91 Å². The number of methoxy groups -OCH3 is 1. The van der Waals surface area contributed by atoms with Gasteiger partial charge in [0.05, 0.1) is 12.7 Å². The Morgan fingerprint density at radius 2 is 1.90 bits per heavy atom. The molecule has 0 heterocycles. The molecule has 0 saturated heterocycles. The molecule has 1 amide bonds. The van der Waals surface area contributed by atoms with Crippen LogP contribution in [0.2, 0.25) is 0 Å². The number of nitrogen functional groups attached to an aromatic ring is 1. The fourth-order valence-electron chi connectivity index (χ4n) is 1.83. The Bertz CT molecular complexity index is 585. The second kappa shape index (κ2) is 6.58. The van der Waals surface area contributed by atoms with Crippen molar-refractivity contribution < 1.29 is 14.3 Å². The Hall–Kier alpha value is -2.53. The summed E-state index contributed by atoms with van der Waals surface area (Å²) in [5.41, 5.74) is 3.45. The van der Waals surface area contributed by atoms with Gasteiger partial charge in [0.15, 0.2) is 11.5 Å². The minimum Gasteiger partial charge on any atom is -0.492 e. The molecule has 20 heavy (non-hydrogen) atoms. The minimum atomic E-state index is -0.424. The van der Waals surface area contributed by atoms with Crippen LogP contribution in [0.25, 0.3) is 0 Å². The predicted molar refractivity (Wildman–Crippen MR) is 75.4 cm³/mol. The van der Waals surface area contributed by atoms with Gasteiger partial charge in [-0.15, -0.1) is 0 Å². The first kappa shape index (κ1) is 13.9. The Morgan fingerprint density at radius 3 is 2.55 bits per heavy atom. The summed E-state index contributed by atoms with van der Waals surface area (Å²) in [4.78, 5) is 11.6. The summed E-state index contributed by atoms with van der Waals surface area (Å²) >= 11 is 0. The number of hydrogen-bond donors (Lipinski definition) is 2.